The lowest BCUT2D eigenvalue weighted by Gasteiger charge is -2.40. The lowest BCUT2D eigenvalue weighted by atomic mass is 9.74. The fourth-order valence-corrected chi connectivity index (χ4v) is 5.63. The number of rotatable bonds is 6. The van der Waals surface area contributed by atoms with E-state index < -0.39 is 0 Å². The Labute approximate surface area is 203 Å². The van der Waals surface area contributed by atoms with Crippen LogP contribution >= 0.6 is 0 Å². The molecule has 1 spiro atoms. The van der Waals surface area contributed by atoms with E-state index in [0.717, 1.165) is 56.9 Å². The van der Waals surface area contributed by atoms with Crippen molar-refractivity contribution < 1.29 is 9.53 Å². The molecule has 0 N–H and O–H groups in total. The zero-order chi connectivity index (χ0) is 23.5. The second-order valence-corrected chi connectivity index (χ2v) is 9.89. The third-order valence-electron chi connectivity index (χ3n) is 7.60. The molecular formula is C30H34N2O2. The number of fused-ring (bicyclic) bond motifs is 2. The maximum absolute atomic E-state index is 13.4. The number of hydrogen-bond donors (Lipinski definition) is 0. The van der Waals surface area contributed by atoms with Crippen LogP contribution in [0.2, 0.25) is 0 Å². The van der Waals surface area contributed by atoms with Gasteiger partial charge in [-0.15, -0.1) is 0 Å². The van der Waals surface area contributed by atoms with Crippen LogP contribution in [0.1, 0.15) is 41.5 Å². The van der Waals surface area contributed by atoms with Gasteiger partial charge in [-0.25, -0.2) is 0 Å². The summed E-state index contributed by atoms with van der Waals surface area (Å²) in [6.07, 6.45) is 3.50. The molecule has 34 heavy (non-hydrogen) atoms. The first-order valence-electron chi connectivity index (χ1n) is 12.4. The highest BCUT2D eigenvalue weighted by molar-refractivity contribution is 5.96. The third-order valence-corrected chi connectivity index (χ3v) is 7.60. The van der Waals surface area contributed by atoms with Crippen molar-refractivity contribution in [2.75, 3.05) is 31.6 Å². The van der Waals surface area contributed by atoms with Gasteiger partial charge in [-0.05, 0) is 74.2 Å². The monoisotopic (exact) mass is 454 g/mol. The molecule has 0 atom stereocenters. The Bertz CT molecular complexity index is 1150. The zero-order valence-electron chi connectivity index (χ0n) is 20.3. The SMILES string of the molecule is COc1cccc(CN2CCC3(CC2)CN(C(=O)CCc2ccccc2)c2ccc(C)cc23)c1. The van der Waals surface area contributed by atoms with Crippen LogP contribution in [0.15, 0.2) is 72.8 Å². The molecule has 2 aliphatic rings. The van der Waals surface area contributed by atoms with Gasteiger partial charge in [0.1, 0.15) is 5.75 Å². The Morgan fingerprint density at radius 2 is 1.71 bits per heavy atom. The number of carbonyl (C=O) groups excluding carboxylic acids is 1. The largest absolute Gasteiger partial charge is 0.497 e. The second-order valence-electron chi connectivity index (χ2n) is 9.89. The van der Waals surface area contributed by atoms with Gasteiger partial charge in [0.25, 0.3) is 0 Å². The van der Waals surface area contributed by atoms with Gasteiger partial charge in [0.2, 0.25) is 5.91 Å². The maximum Gasteiger partial charge on any atom is 0.227 e. The number of carbonyl (C=O) groups is 1. The maximum atomic E-state index is 13.4. The molecule has 4 nitrogen and oxygen atoms in total. The number of ether oxygens (including phenoxy) is 1. The second kappa shape index (κ2) is 9.63. The van der Waals surface area contributed by atoms with Crippen LogP contribution < -0.4 is 9.64 Å². The number of piperidine rings is 1. The topological polar surface area (TPSA) is 32.8 Å². The van der Waals surface area contributed by atoms with Crippen LogP contribution in [0.25, 0.3) is 0 Å². The summed E-state index contributed by atoms with van der Waals surface area (Å²) in [5, 5.41) is 0. The number of nitrogens with zero attached hydrogens (tertiary/aromatic N) is 2. The molecule has 0 saturated carbocycles. The van der Waals surface area contributed by atoms with Crippen molar-refractivity contribution in [3.05, 3.63) is 95.1 Å². The summed E-state index contributed by atoms with van der Waals surface area (Å²) >= 11 is 0. The Morgan fingerprint density at radius 1 is 0.941 bits per heavy atom. The van der Waals surface area contributed by atoms with E-state index in [2.05, 4.69) is 65.3 Å². The summed E-state index contributed by atoms with van der Waals surface area (Å²) in [6, 6.07) is 25.3. The molecule has 0 aliphatic carbocycles. The van der Waals surface area contributed by atoms with Gasteiger partial charge < -0.3 is 9.64 Å². The Kier molecular flexibility index (Phi) is 6.42. The normalized spacial score (nSPS) is 17.1. The molecule has 1 saturated heterocycles. The van der Waals surface area contributed by atoms with Gasteiger partial charge in [0.15, 0.2) is 0 Å². The molecule has 2 heterocycles. The minimum absolute atomic E-state index is 0.0641. The number of benzene rings is 3. The summed E-state index contributed by atoms with van der Waals surface area (Å²) < 4.78 is 5.40. The number of aryl methyl sites for hydroxylation is 2. The van der Waals surface area contributed by atoms with E-state index in [1.807, 2.05) is 24.3 Å². The van der Waals surface area contributed by atoms with Crippen LogP contribution in [0.4, 0.5) is 5.69 Å². The number of likely N-dealkylation sites (tertiary alicyclic amines) is 1. The lowest BCUT2D eigenvalue weighted by molar-refractivity contribution is -0.118. The predicted octanol–water partition coefficient (Wildman–Crippen LogP) is 5.52. The van der Waals surface area contributed by atoms with Gasteiger partial charge in [0, 0.05) is 30.6 Å². The molecule has 2 aliphatic heterocycles. The molecule has 4 heteroatoms. The van der Waals surface area contributed by atoms with E-state index in [-0.39, 0.29) is 11.3 Å². The van der Waals surface area contributed by atoms with E-state index in [1.54, 1.807) is 7.11 Å². The molecule has 1 fully saturated rings. The van der Waals surface area contributed by atoms with Crippen molar-refractivity contribution in [3.63, 3.8) is 0 Å². The standard InChI is InChI=1S/C30H34N2O2/c1-23-11-13-28-27(19-23)30(22-32(28)29(33)14-12-24-7-4-3-5-8-24)15-17-31(18-16-30)21-25-9-6-10-26(20-25)34-2/h3-11,13,19-20H,12,14-18,21-22H2,1-2H3. The van der Waals surface area contributed by atoms with Crippen molar-refractivity contribution in [2.24, 2.45) is 0 Å². The molecule has 3 aromatic rings. The molecule has 1 amide bonds. The van der Waals surface area contributed by atoms with Gasteiger partial charge in [0.05, 0.1) is 7.11 Å². The lowest BCUT2D eigenvalue weighted by Crippen LogP contribution is -2.45. The van der Waals surface area contributed by atoms with Crippen molar-refractivity contribution in [2.45, 2.75) is 44.6 Å². The number of methoxy groups -OCH3 is 1. The molecule has 5 rings (SSSR count). The molecular weight excluding hydrogens is 420 g/mol. The van der Waals surface area contributed by atoms with Crippen LogP contribution in [-0.4, -0.2) is 37.6 Å². The smallest absolute Gasteiger partial charge is 0.227 e. The average molecular weight is 455 g/mol. The molecule has 0 radical (unpaired) electrons. The molecule has 0 bridgehead atoms. The fourth-order valence-electron chi connectivity index (χ4n) is 5.63. The quantitative estimate of drug-likeness (QED) is 0.492. The Hall–Kier alpha value is -3.11. The molecule has 0 aromatic heterocycles. The van der Waals surface area contributed by atoms with Gasteiger partial charge in [-0.2, -0.15) is 0 Å². The van der Waals surface area contributed by atoms with Crippen LogP contribution in [0, 0.1) is 6.92 Å². The number of hydrogen-bond acceptors (Lipinski definition) is 3. The first-order valence-corrected chi connectivity index (χ1v) is 12.4. The highest BCUT2D eigenvalue weighted by atomic mass is 16.5. The highest BCUT2D eigenvalue weighted by Crippen LogP contribution is 2.47. The van der Waals surface area contributed by atoms with Crippen LogP contribution in [0.5, 0.6) is 5.75 Å². The predicted molar refractivity (Wildman–Crippen MR) is 137 cm³/mol. The molecule has 176 valence electrons. The van der Waals surface area contributed by atoms with Gasteiger partial charge in [-0.1, -0.05) is 60.2 Å². The van der Waals surface area contributed by atoms with Crippen LogP contribution in [0.3, 0.4) is 0 Å². The highest BCUT2D eigenvalue weighted by Gasteiger charge is 2.46. The Balaban J connectivity index is 1.29. The van der Waals surface area contributed by atoms with E-state index in [1.165, 1.54) is 22.3 Å². The van der Waals surface area contributed by atoms with Gasteiger partial charge >= 0.3 is 0 Å². The van der Waals surface area contributed by atoms with Gasteiger partial charge in [-0.3, -0.25) is 9.69 Å². The fraction of sp³-hybridized carbons (Fsp3) is 0.367. The number of anilines is 1. The first-order chi connectivity index (χ1) is 16.6. The molecule has 0 unspecified atom stereocenters. The molecule has 3 aromatic carbocycles. The minimum atomic E-state index is 0.0641. The summed E-state index contributed by atoms with van der Waals surface area (Å²) in [4.78, 5) is 18.0. The Morgan fingerprint density at radius 3 is 2.47 bits per heavy atom. The van der Waals surface area contributed by atoms with Crippen molar-refractivity contribution >= 4 is 11.6 Å². The average Bonchev–Trinajstić information content (AvgIpc) is 3.18. The van der Waals surface area contributed by atoms with E-state index in [9.17, 15) is 4.79 Å². The van der Waals surface area contributed by atoms with Crippen molar-refractivity contribution in [3.8, 4) is 5.75 Å². The first kappa shape index (κ1) is 22.7. The van der Waals surface area contributed by atoms with E-state index in [4.69, 9.17) is 4.74 Å². The van der Waals surface area contributed by atoms with Crippen LogP contribution in [-0.2, 0) is 23.2 Å². The summed E-state index contributed by atoms with van der Waals surface area (Å²) in [5.74, 6) is 1.15. The minimum Gasteiger partial charge on any atom is -0.497 e. The third kappa shape index (κ3) is 4.60. The zero-order valence-corrected chi connectivity index (χ0v) is 20.3. The van der Waals surface area contributed by atoms with Crippen molar-refractivity contribution in [1.82, 2.24) is 4.90 Å². The van der Waals surface area contributed by atoms with Crippen molar-refractivity contribution in [1.29, 1.82) is 0 Å². The summed E-state index contributed by atoms with van der Waals surface area (Å²) in [7, 11) is 1.72. The summed E-state index contributed by atoms with van der Waals surface area (Å²) in [5.41, 5.74) is 6.35. The summed E-state index contributed by atoms with van der Waals surface area (Å²) in [6.45, 7) is 5.99. The van der Waals surface area contributed by atoms with E-state index >= 15 is 0 Å². The number of amides is 1. The van der Waals surface area contributed by atoms with E-state index in [0.29, 0.717) is 6.42 Å².